The van der Waals surface area contributed by atoms with Crippen LogP contribution < -0.4 is 15.9 Å². The Balaban J connectivity index is 2.17. The Bertz CT molecular complexity index is 1000. The molecule has 1 aliphatic rings. The molecule has 156 valence electrons. The number of hydrogen-bond donors (Lipinski definition) is 0. The van der Waals surface area contributed by atoms with Crippen molar-refractivity contribution in [2.24, 2.45) is 13.5 Å². The molecule has 3 nitrogen and oxygen atoms in total. The monoisotopic (exact) mass is 453 g/mol. The Kier molecular flexibility index (Phi) is 6.36. The maximum absolute atomic E-state index is 5.71. The zero-order valence-corrected chi connectivity index (χ0v) is 20.6. The van der Waals surface area contributed by atoms with E-state index in [4.69, 9.17) is 13.5 Å². The lowest BCUT2D eigenvalue weighted by atomic mass is 10.4. The average molecular weight is 453 g/mol. The lowest BCUT2D eigenvalue weighted by Crippen LogP contribution is -2.15. The van der Waals surface area contributed by atoms with Crippen LogP contribution in [0.5, 0.6) is 0 Å². The van der Waals surface area contributed by atoms with Gasteiger partial charge in [0.15, 0.2) is 0 Å². The number of benzene rings is 3. The molecule has 0 saturated carbocycles. The van der Waals surface area contributed by atoms with E-state index in [1.54, 1.807) is 0 Å². The van der Waals surface area contributed by atoms with Crippen molar-refractivity contribution in [3.63, 3.8) is 0 Å². The molecule has 30 heavy (non-hydrogen) atoms. The Morgan fingerprint density at radius 1 is 0.433 bits per heavy atom. The summed E-state index contributed by atoms with van der Waals surface area (Å²) in [5.41, 5.74) is 0. The Morgan fingerprint density at radius 3 is 0.867 bits per heavy atom. The normalized spacial score (nSPS) is 28.1. The molecule has 3 aromatic rings. The minimum Gasteiger partial charge on any atom is -0.232 e. The Morgan fingerprint density at radius 2 is 0.667 bits per heavy atom. The van der Waals surface area contributed by atoms with Crippen molar-refractivity contribution in [3.8, 4) is 0 Å². The molecule has 3 aromatic carbocycles. The van der Waals surface area contributed by atoms with Crippen LogP contribution >= 0.6 is 21.6 Å². The van der Waals surface area contributed by atoms with Crippen molar-refractivity contribution < 1.29 is 0 Å². The highest BCUT2D eigenvalue weighted by atomic mass is 31.3. The quantitative estimate of drug-likeness (QED) is 0.349. The molecule has 0 saturated heterocycles. The number of nitrogens with zero attached hydrogens (tertiary/aromatic N) is 3. The molecule has 0 N–H and O–H groups in total. The molecular formula is C24H30N3P3. The van der Waals surface area contributed by atoms with E-state index >= 15 is 0 Å². The van der Waals surface area contributed by atoms with Gasteiger partial charge in [0, 0.05) is 34.4 Å². The molecule has 0 unspecified atom stereocenters. The molecule has 6 heteroatoms. The second-order valence-corrected chi connectivity index (χ2v) is 17.4. The molecular weight excluding hydrogens is 423 g/mol. The van der Waals surface area contributed by atoms with E-state index in [1.165, 1.54) is 15.9 Å². The first-order valence-electron chi connectivity index (χ1n) is 10.7. The summed E-state index contributed by atoms with van der Waals surface area (Å²) in [5, 5.41) is 3.89. The summed E-state index contributed by atoms with van der Waals surface area (Å²) in [7, 11) is -6.23. The van der Waals surface area contributed by atoms with Gasteiger partial charge in [0.2, 0.25) is 0 Å². The van der Waals surface area contributed by atoms with Crippen molar-refractivity contribution in [2.45, 2.75) is 20.8 Å². The van der Waals surface area contributed by atoms with Gasteiger partial charge in [-0.1, -0.05) is 112 Å². The van der Waals surface area contributed by atoms with Gasteiger partial charge in [-0.15, -0.1) is 0 Å². The zero-order valence-electron chi connectivity index (χ0n) is 18.0. The second-order valence-electron chi connectivity index (χ2n) is 7.41. The molecule has 0 radical (unpaired) electrons. The van der Waals surface area contributed by atoms with Gasteiger partial charge >= 0.3 is 0 Å². The summed E-state index contributed by atoms with van der Waals surface area (Å²) < 4.78 is 17.1. The van der Waals surface area contributed by atoms with Crippen LogP contribution in [0.1, 0.15) is 20.8 Å². The van der Waals surface area contributed by atoms with Gasteiger partial charge in [-0.05, 0) is 0 Å². The van der Waals surface area contributed by atoms with Crippen molar-refractivity contribution in [2.75, 3.05) is 18.5 Å². The third-order valence-corrected chi connectivity index (χ3v) is 18.8. The van der Waals surface area contributed by atoms with E-state index in [-0.39, 0.29) is 0 Å². The first kappa shape index (κ1) is 21.6. The Hall–Kier alpha value is -1.65. The molecule has 0 atom stereocenters. The highest BCUT2D eigenvalue weighted by Gasteiger charge is 2.36. The standard InChI is InChI=1S/C24H30N3P3/c1-4-28(22-16-10-7-11-17-22)25-29(5-2,23-18-12-8-13-19-23)27-30(6-3,26-28)24-20-14-9-15-21-24/h7-21H,4-6H2,1-3H3. The zero-order chi connectivity index (χ0) is 21.1. The van der Waals surface area contributed by atoms with Crippen LogP contribution in [0.3, 0.4) is 0 Å². The second kappa shape index (κ2) is 8.84. The summed E-state index contributed by atoms with van der Waals surface area (Å²) in [5.74, 6) is 0. The van der Waals surface area contributed by atoms with Crippen LogP contribution in [0, 0.1) is 0 Å². The van der Waals surface area contributed by atoms with Crippen LogP contribution in [0.25, 0.3) is 0 Å². The fraction of sp³-hybridized carbons (Fsp3) is 0.250. The third kappa shape index (κ3) is 3.73. The van der Waals surface area contributed by atoms with Gasteiger partial charge in [0.05, 0.1) is 0 Å². The fourth-order valence-electron chi connectivity index (χ4n) is 4.03. The van der Waals surface area contributed by atoms with E-state index in [0.29, 0.717) is 0 Å². The Labute approximate surface area is 181 Å². The highest BCUT2D eigenvalue weighted by Crippen LogP contribution is 2.76. The van der Waals surface area contributed by atoms with Crippen molar-refractivity contribution >= 4 is 37.5 Å². The summed E-state index contributed by atoms with van der Waals surface area (Å²) in [6.45, 7) is 6.80. The van der Waals surface area contributed by atoms with Crippen LogP contribution in [0.15, 0.2) is 105 Å². The number of hydrogen-bond acceptors (Lipinski definition) is 3. The summed E-state index contributed by atoms with van der Waals surface area (Å²) in [4.78, 5) is 0. The predicted octanol–water partition coefficient (Wildman–Crippen LogP) is 7.38. The van der Waals surface area contributed by atoms with E-state index in [2.05, 4.69) is 112 Å². The number of rotatable bonds is 6. The summed E-state index contributed by atoms with van der Waals surface area (Å²) in [6.07, 6.45) is 2.86. The first-order valence-corrected chi connectivity index (χ1v) is 16.3. The smallest absolute Gasteiger partial charge is 0.109 e. The van der Waals surface area contributed by atoms with Gasteiger partial charge < -0.3 is 0 Å². The summed E-state index contributed by atoms with van der Waals surface area (Å²) >= 11 is 0. The van der Waals surface area contributed by atoms with Crippen molar-refractivity contribution in [3.05, 3.63) is 91.0 Å². The highest BCUT2D eigenvalue weighted by molar-refractivity contribution is 7.94. The van der Waals surface area contributed by atoms with Gasteiger partial charge in [0.25, 0.3) is 0 Å². The van der Waals surface area contributed by atoms with Gasteiger partial charge in [-0.25, -0.2) is 13.5 Å². The molecule has 1 aliphatic heterocycles. The van der Waals surface area contributed by atoms with Gasteiger partial charge in [-0.2, -0.15) is 0 Å². The van der Waals surface area contributed by atoms with Crippen molar-refractivity contribution in [1.82, 2.24) is 0 Å². The lowest BCUT2D eigenvalue weighted by molar-refractivity contribution is 1.39. The molecule has 0 bridgehead atoms. The van der Waals surface area contributed by atoms with Crippen molar-refractivity contribution in [1.29, 1.82) is 0 Å². The largest absolute Gasteiger partial charge is 0.232 e. The minimum absolute atomic E-state index is 0.954. The van der Waals surface area contributed by atoms with E-state index in [1.807, 2.05) is 0 Å². The molecule has 4 rings (SSSR count). The van der Waals surface area contributed by atoms with E-state index in [0.717, 1.165) is 18.5 Å². The topological polar surface area (TPSA) is 37.1 Å². The van der Waals surface area contributed by atoms with Gasteiger partial charge in [0.1, 0.15) is 21.6 Å². The first-order chi connectivity index (χ1) is 14.6. The van der Waals surface area contributed by atoms with Crippen LogP contribution in [0.2, 0.25) is 0 Å². The van der Waals surface area contributed by atoms with Crippen LogP contribution in [-0.4, -0.2) is 18.5 Å². The lowest BCUT2D eigenvalue weighted by Gasteiger charge is -2.36. The maximum atomic E-state index is 5.71. The van der Waals surface area contributed by atoms with Crippen LogP contribution in [0.4, 0.5) is 0 Å². The maximum Gasteiger partial charge on any atom is 0.109 e. The molecule has 1 heterocycles. The van der Waals surface area contributed by atoms with Gasteiger partial charge in [-0.3, -0.25) is 0 Å². The molecule has 0 amide bonds. The van der Waals surface area contributed by atoms with E-state index in [9.17, 15) is 0 Å². The molecule has 0 spiro atoms. The minimum atomic E-state index is -2.08. The molecule has 0 fully saturated rings. The van der Waals surface area contributed by atoms with Crippen LogP contribution in [-0.2, 0) is 0 Å². The average Bonchev–Trinajstić information content (AvgIpc) is 2.85. The fourth-order valence-corrected chi connectivity index (χ4v) is 19.9. The predicted molar refractivity (Wildman–Crippen MR) is 138 cm³/mol. The summed E-state index contributed by atoms with van der Waals surface area (Å²) in [6, 6.07) is 32.5. The third-order valence-electron chi connectivity index (χ3n) is 5.72. The molecule has 0 aromatic heterocycles. The SMILES string of the molecule is CCP1(c2ccccc2)=NP(CC)(c2ccccc2)=NP(CC)(c2ccccc2)=N1. The molecule has 0 aliphatic carbocycles. The van der Waals surface area contributed by atoms with E-state index < -0.39 is 21.6 Å².